The average Bonchev–Trinajstić information content (AvgIpc) is 3.41. The van der Waals surface area contributed by atoms with E-state index in [1.807, 2.05) is 43.4 Å². The van der Waals surface area contributed by atoms with Gasteiger partial charge in [0.15, 0.2) is 24.1 Å². The molecule has 0 bridgehead atoms. The minimum Gasteiger partial charge on any atom is -0.464 e. The molecule has 0 saturated carbocycles. The molecule has 1 unspecified atom stereocenters. The number of furan rings is 1. The maximum atomic E-state index is 12.1. The molecule has 40 heavy (non-hydrogen) atoms. The number of hydrogen-bond donors (Lipinski definition) is 0. The topological polar surface area (TPSA) is 146 Å². The van der Waals surface area contributed by atoms with Gasteiger partial charge in [0.05, 0.1) is 6.26 Å². The van der Waals surface area contributed by atoms with E-state index in [1.54, 1.807) is 12.1 Å². The molecule has 0 aliphatic carbocycles. The number of carbonyl (C=O) groups excluding carboxylic acids is 4. The zero-order valence-corrected chi connectivity index (χ0v) is 24.2. The molecule has 1 aromatic carbocycles. The fourth-order valence-electron chi connectivity index (χ4n) is 4.17. The van der Waals surface area contributed by atoms with E-state index in [-0.39, 0.29) is 6.61 Å². The zero-order valence-electron chi connectivity index (χ0n) is 23.2. The third-order valence-electron chi connectivity index (χ3n) is 5.85. The van der Waals surface area contributed by atoms with Crippen LogP contribution in [0.3, 0.4) is 0 Å². The maximum absolute atomic E-state index is 12.1. The highest BCUT2D eigenvalue weighted by molar-refractivity contribution is 6.84. The lowest BCUT2D eigenvalue weighted by Gasteiger charge is -2.45. The second-order valence-corrected chi connectivity index (χ2v) is 13.4. The maximum Gasteiger partial charge on any atom is 0.303 e. The Kier molecular flexibility index (Phi) is 10.6. The van der Waals surface area contributed by atoms with Crippen molar-refractivity contribution in [1.82, 2.24) is 0 Å². The highest BCUT2D eigenvalue weighted by Crippen LogP contribution is 2.34. The smallest absolute Gasteiger partial charge is 0.303 e. The van der Waals surface area contributed by atoms with Gasteiger partial charge in [0, 0.05) is 27.7 Å². The van der Waals surface area contributed by atoms with Crippen LogP contribution in [0.15, 0.2) is 53.1 Å². The molecular formula is C27H34O12Si. The Morgan fingerprint density at radius 3 is 1.95 bits per heavy atom. The van der Waals surface area contributed by atoms with Gasteiger partial charge in [-0.25, -0.2) is 0 Å². The van der Waals surface area contributed by atoms with Crippen LogP contribution in [0.4, 0.5) is 0 Å². The first kappa shape index (κ1) is 31.0. The van der Waals surface area contributed by atoms with Crippen LogP contribution < -0.4 is 5.19 Å². The first-order valence-electron chi connectivity index (χ1n) is 12.6. The summed E-state index contributed by atoms with van der Waals surface area (Å²) in [6.07, 6.45) is -6.38. The molecule has 1 aliphatic rings. The molecule has 12 nitrogen and oxygen atoms in total. The summed E-state index contributed by atoms with van der Waals surface area (Å²) in [7, 11) is -2.64. The molecular weight excluding hydrogens is 544 g/mol. The monoisotopic (exact) mass is 578 g/mol. The van der Waals surface area contributed by atoms with E-state index in [1.165, 1.54) is 13.2 Å². The van der Waals surface area contributed by atoms with Crippen LogP contribution in [0.1, 0.15) is 39.7 Å². The molecule has 0 amide bonds. The van der Waals surface area contributed by atoms with Crippen molar-refractivity contribution in [2.75, 3.05) is 6.61 Å². The van der Waals surface area contributed by atoms with E-state index in [0.717, 1.165) is 26.0 Å². The summed E-state index contributed by atoms with van der Waals surface area (Å²) in [5.41, 5.74) is 0. The van der Waals surface area contributed by atoms with Crippen molar-refractivity contribution >= 4 is 37.4 Å². The molecule has 3 rings (SSSR count). The highest BCUT2D eigenvalue weighted by atomic mass is 28.4. The quantitative estimate of drug-likeness (QED) is 0.167. The van der Waals surface area contributed by atoms with Crippen LogP contribution in [0.25, 0.3) is 0 Å². The number of ether oxygens (including phenoxy) is 6. The van der Waals surface area contributed by atoms with Gasteiger partial charge in [-0.1, -0.05) is 30.3 Å². The van der Waals surface area contributed by atoms with Crippen molar-refractivity contribution in [1.29, 1.82) is 0 Å². The molecule has 1 fully saturated rings. The second kappa shape index (κ2) is 13.7. The number of rotatable bonds is 11. The fourth-order valence-corrected chi connectivity index (χ4v) is 6.01. The minimum absolute atomic E-state index is 0.296. The van der Waals surface area contributed by atoms with Gasteiger partial charge < -0.3 is 37.3 Å². The first-order valence-corrected chi connectivity index (χ1v) is 15.5. The summed E-state index contributed by atoms with van der Waals surface area (Å²) < 4.78 is 45.9. The number of hydrogen-bond acceptors (Lipinski definition) is 12. The van der Waals surface area contributed by atoms with Gasteiger partial charge in [-0.05, 0) is 30.4 Å². The van der Waals surface area contributed by atoms with Crippen molar-refractivity contribution in [2.24, 2.45) is 0 Å². The molecule has 1 saturated heterocycles. The third kappa shape index (κ3) is 8.49. The normalized spacial score (nSPS) is 23.5. The number of esters is 4. The Morgan fingerprint density at radius 1 is 0.800 bits per heavy atom. The van der Waals surface area contributed by atoms with E-state index in [0.29, 0.717) is 5.76 Å². The molecule has 6 atom stereocenters. The fraction of sp³-hybridized carbons (Fsp3) is 0.481. The van der Waals surface area contributed by atoms with E-state index < -0.39 is 69.2 Å². The van der Waals surface area contributed by atoms with Crippen LogP contribution in [-0.4, -0.2) is 69.5 Å². The largest absolute Gasteiger partial charge is 0.464 e. The summed E-state index contributed by atoms with van der Waals surface area (Å²) in [4.78, 5) is 47.8. The lowest BCUT2D eigenvalue weighted by atomic mass is 9.98. The lowest BCUT2D eigenvalue weighted by Crippen LogP contribution is -2.63. The minimum atomic E-state index is -2.64. The summed E-state index contributed by atoms with van der Waals surface area (Å²) in [6, 6.07) is 12.9. The Balaban J connectivity index is 2.02. The Bertz CT molecular complexity index is 1150. The van der Waals surface area contributed by atoms with Gasteiger partial charge in [-0.3, -0.25) is 19.2 Å². The summed E-state index contributed by atoms with van der Waals surface area (Å²) in [5.74, 6) is -2.55. The standard InChI is InChI=1S/C27H34O12Si/c1-16(28)33-15-22-23(34-17(2)29)24(35-18(3)30)25(36-19(4)31)27(37-22)38-26(21-13-10-14-32-21)39-40(5,6)20-11-8-7-9-12-20/h7-14,22-27H,15H2,1-6H3/t22-,23-,24+,25-,26?,27+/m1/s1. The van der Waals surface area contributed by atoms with Gasteiger partial charge >= 0.3 is 23.9 Å². The first-order chi connectivity index (χ1) is 18.9. The summed E-state index contributed by atoms with van der Waals surface area (Å²) in [5, 5.41) is 0.969. The van der Waals surface area contributed by atoms with Crippen LogP contribution >= 0.6 is 0 Å². The van der Waals surface area contributed by atoms with Crippen molar-refractivity contribution in [2.45, 2.75) is 77.8 Å². The molecule has 1 aromatic heterocycles. The van der Waals surface area contributed by atoms with E-state index in [4.69, 9.17) is 37.3 Å². The van der Waals surface area contributed by atoms with E-state index >= 15 is 0 Å². The van der Waals surface area contributed by atoms with Gasteiger partial charge in [0.1, 0.15) is 12.7 Å². The van der Waals surface area contributed by atoms with Crippen molar-refractivity contribution in [3.8, 4) is 0 Å². The molecule has 0 spiro atoms. The van der Waals surface area contributed by atoms with Crippen molar-refractivity contribution in [3.05, 3.63) is 54.5 Å². The Labute approximate surface area is 232 Å². The zero-order chi connectivity index (χ0) is 29.4. The molecule has 13 heteroatoms. The van der Waals surface area contributed by atoms with Gasteiger partial charge in [0.2, 0.25) is 20.9 Å². The molecule has 0 N–H and O–H groups in total. The van der Waals surface area contributed by atoms with Gasteiger partial charge in [0.25, 0.3) is 0 Å². The SMILES string of the molecule is CC(=O)OC[C@H]1O[C@@H](OC(O[Si](C)(C)c2ccccc2)c2ccco2)[C@H](OC(C)=O)[C@@H](OC(C)=O)[C@@H]1OC(C)=O. The number of benzene rings is 1. The lowest BCUT2D eigenvalue weighted by molar-refractivity contribution is -0.336. The molecule has 2 heterocycles. The van der Waals surface area contributed by atoms with Gasteiger partial charge in [-0.15, -0.1) is 0 Å². The van der Waals surface area contributed by atoms with Gasteiger partial charge in [-0.2, -0.15) is 0 Å². The van der Waals surface area contributed by atoms with E-state index in [9.17, 15) is 19.2 Å². The summed E-state index contributed by atoms with van der Waals surface area (Å²) >= 11 is 0. The Hall–Kier alpha value is -3.52. The van der Waals surface area contributed by atoms with Crippen molar-refractivity contribution in [3.63, 3.8) is 0 Å². The third-order valence-corrected chi connectivity index (χ3v) is 8.38. The Morgan fingerprint density at radius 2 is 1.40 bits per heavy atom. The van der Waals surface area contributed by atoms with Crippen LogP contribution in [0.2, 0.25) is 13.1 Å². The van der Waals surface area contributed by atoms with Crippen LogP contribution in [0.5, 0.6) is 0 Å². The van der Waals surface area contributed by atoms with Crippen LogP contribution in [0, 0.1) is 0 Å². The summed E-state index contributed by atoms with van der Waals surface area (Å²) in [6.45, 7) is 8.19. The molecule has 218 valence electrons. The average molecular weight is 579 g/mol. The second-order valence-electron chi connectivity index (χ2n) is 9.55. The number of carbonyl (C=O) groups is 4. The van der Waals surface area contributed by atoms with Crippen molar-refractivity contribution < 1.29 is 56.4 Å². The molecule has 1 aliphatic heterocycles. The van der Waals surface area contributed by atoms with Crippen LogP contribution in [-0.2, 0) is 52.0 Å². The molecule has 0 radical (unpaired) electrons. The predicted molar refractivity (Wildman–Crippen MR) is 139 cm³/mol. The predicted octanol–water partition coefficient (Wildman–Crippen LogP) is 2.51. The van der Waals surface area contributed by atoms with E-state index in [2.05, 4.69) is 0 Å². The highest BCUT2D eigenvalue weighted by Gasteiger charge is 2.54. The molecule has 2 aromatic rings.